The highest BCUT2D eigenvalue weighted by molar-refractivity contribution is 6.02. The summed E-state index contributed by atoms with van der Waals surface area (Å²) in [6.45, 7) is 1.66. The van der Waals surface area contributed by atoms with Crippen LogP contribution in [0, 0.1) is 0 Å². The number of ether oxygens (including phenoxy) is 4. The number of benzene rings is 2. The number of ketones is 1. The Morgan fingerprint density at radius 1 is 1.19 bits per heavy atom. The van der Waals surface area contributed by atoms with Gasteiger partial charge in [0.15, 0.2) is 17.3 Å². The molecular formula is C20H20O7. The molecule has 1 unspecified atom stereocenters. The fourth-order valence-electron chi connectivity index (χ4n) is 2.92. The van der Waals surface area contributed by atoms with Gasteiger partial charge in [0.05, 0.1) is 20.6 Å². The predicted octanol–water partition coefficient (Wildman–Crippen LogP) is 3.43. The molecule has 2 aromatic carbocycles. The largest absolute Gasteiger partial charge is 0.507 e. The average molecular weight is 372 g/mol. The lowest BCUT2D eigenvalue weighted by molar-refractivity contribution is -0.134. The molecule has 27 heavy (non-hydrogen) atoms. The van der Waals surface area contributed by atoms with Crippen LogP contribution in [0.5, 0.6) is 28.7 Å². The Morgan fingerprint density at radius 3 is 2.59 bits per heavy atom. The maximum Gasteiger partial charge on any atom is 0.310 e. The molecule has 0 saturated heterocycles. The minimum atomic E-state index is -0.568. The van der Waals surface area contributed by atoms with E-state index in [1.165, 1.54) is 26.4 Å². The van der Waals surface area contributed by atoms with Crippen LogP contribution in [-0.2, 0) is 4.79 Å². The van der Waals surface area contributed by atoms with Crippen molar-refractivity contribution in [1.29, 1.82) is 0 Å². The van der Waals surface area contributed by atoms with Crippen molar-refractivity contribution >= 4 is 11.8 Å². The third kappa shape index (κ3) is 3.67. The number of phenols is 1. The highest BCUT2D eigenvalue weighted by Gasteiger charge is 2.31. The molecule has 1 atom stereocenters. The minimum absolute atomic E-state index is 0.0597. The van der Waals surface area contributed by atoms with E-state index in [2.05, 4.69) is 0 Å². The van der Waals surface area contributed by atoms with Gasteiger partial charge < -0.3 is 24.1 Å². The lowest BCUT2D eigenvalue weighted by atomic mass is 9.95. The smallest absolute Gasteiger partial charge is 0.310 e. The zero-order valence-corrected chi connectivity index (χ0v) is 15.3. The van der Waals surface area contributed by atoms with Gasteiger partial charge >= 0.3 is 5.97 Å². The summed E-state index contributed by atoms with van der Waals surface area (Å²) in [6.07, 6.45) is -0.322. The van der Waals surface area contributed by atoms with Crippen molar-refractivity contribution in [2.75, 3.05) is 14.2 Å². The first-order chi connectivity index (χ1) is 13.0. The van der Waals surface area contributed by atoms with Gasteiger partial charge in [-0.3, -0.25) is 9.59 Å². The fourth-order valence-corrected chi connectivity index (χ4v) is 2.92. The molecule has 2 aromatic rings. The van der Waals surface area contributed by atoms with Crippen molar-refractivity contribution in [1.82, 2.24) is 0 Å². The number of fused-ring (bicyclic) bond motifs is 1. The van der Waals surface area contributed by atoms with Crippen LogP contribution in [0.3, 0.4) is 0 Å². The molecule has 7 nitrogen and oxygen atoms in total. The van der Waals surface area contributed by atoms with E-state index >= 15 is 0 Å². The number of phenolic OH excluding ortho intramolecular Hbond substituents is 1. The topological polar surface area (TPSA) is 91.3 Å². The summed E-state index contributed by atoms with van der Waals surface area (Å²) >= 11 is 0. The number of carbonyl (C=O) groups excluding carboxylic acids is 2. The van der Waals surface area contributed by atoms with Gasteiger partial charge in [-0.05, 0) is 17.7 Å². The summed E-state index contributed by atoms with van der Waals surface area (Å²) < 4.78 is 21.6. The SMILES string of the molecule is CCC(=O)Oc1cc(O)c2c(c1)OC(c1ccc(OC)c(OC)c1)CC2=O. The maximum atomic E-state index is 12.6. The van der Waals surface area contributed by atoms with E-state index in [1.54, 1.807) is 25.1 Å². The highest BCUT2D eigenvalue weighted by Crippen LogP contribution is 2.43. The van der Waals surface area contributed by atoms with Gasteiger partial charge in [0.25, 0.3) is 0 Å². The molecule has 0 bridgehead atoms. The first kappa shape index (κ1) is 18.6. The summed E-state index contributed by atoms with van der Waals surface area (Å²) in [5.74, 6) is 0.390. The molecule has 7 heteroatoms. The number of Topliss-reactive ketones (excluding diaryl/α,β-unsaturated/α-hetero) is 1. The van der Waals surface area contributed by atoms with E-state index in [1.807, 2.05) is 0 Å². The molecule has 0 fully saturated rings. The summed E-state index contributed by atoms with van der Waals surface area (Å²) in [6, 6.07) is 7.93. The number of hydrogen-bond donors (Lipinski definition) is 1. The van der Waals surface area contributed by atoms with E-state index < -0.39 is 12.1 Å². The highest BCUT2D eigenvalue weighted by atomic mass is 16.5. The van der Waals surface area contributed by atoms with Crippen molar-refractivity contribution in [2.24, 2.45) is 0 Å². The third-order valence-corrected chi connectivity index (χ3v) is 4.27. The molecule has 0 radical (unpaired) electrons. The Bertz CT molecular complexity index is 888. The Balaban J connectivity index is 1.95. The van der Waals surface area contributed by atoms with Crippen LogP contribution in [0.4, 0.5) is 0 Å². The Labute approximate surface area is 156 Å². The van der Waals surface area contributed by atoms with Crippen molar-refractivity contribution < 1.29 is 33.6 Å². The quantitative estimate of drug-likeness (QED) is 0.635. The summed E-state index contributed by atoms with van der Waals surface area (Å²) in [5, 5.41) is 10.2. The van der Waals surface area contributed by atoms with Crippen LogP contribution in [0.25, 0.3) is 0 Å². The predicted molar refractivity (Wildman–Crippen MR) is 95.9 cm³/mol. The first-order valence-electron chi connectivity index (χ1n) is 8.46. The number of rotatable bonds is 5. The molecule has 1 aliphatic heterocycles. The second kappa shape index (κ2) is 7.57. The number of carbonyl (C=O) groups is 2. The fraction of sp³-hybridized carbons (Fsp3) is 0.300. The molecule has 3 rings (SSSR count). The Morgan fingerprint density at radius 2 is 1.93 bits per heavy atom. The van der Waals surface area contributed by atoms with Crippen LogP contribution in [0.1, 0.15) is 41.8 Å². The van der Waals surface area contributed by atoms with E-state index in [9.17, 15) is 14.7 Å². The molecule has 0 saturated carbocycles. The van der Waals surface area contributed by atoms with E-state index in [4.69, 9.17) is 18.9 Å². The van der Waals surface area contributed by atoms with E-state index in [0.717, 1.165) is 5.56 Å². The van der Waals surface area contributed by atoms with Crippen molar-refractivity contribution in [2.45, 2.75) is 25.9 Å². The number of hydrogen-bond acceptors (Lipinski definition) is 7. The van der Waals surface area contributed by atoms with Crippen LogP contribution in [-0.4, -0.2) is 31.1 Å². The molecule has 142 valence electrons. The minimum Gasteiger partial charge on any atom is -0.507 e. The number of methoxy groups -OCH3 is 2. The molecule has 0 amide bonds. The monoisotopic (exact) mass is 372 g/mol. The lowest BCUT2D eigenvalue weighted by Gasteiger charge is -2.26. The van der Waals surface area contributed by atoms with E-state index in [0.29, 0.717) is 11.5 Å². The van der Waals surface area contributed by atoms with Gasteiger partial charge in [0.1, 0.15) is 28.9 Å². The van der Waals surface area contributed by atoms with E-state index in [-0.39, 0.29) is 41.4 Å². The number of esters is 1. The molecule has 1 N–H and O–H groups in total. The molecule has 1 heterocycles. The van der Waals surface area contributed by atoms with Gasteiger partial charge in [0, 0.05) is 18.6 Å². The standard InChI is InChI=1S/C20H20O7/c1-4-19(23)26-12-8-13(21)20-14(22)10-16(27-18(20)9-12)11-5-6-15(24-2)17(7-11)25-3/h5-9,16,21H,4,10H2,1-3H3. The van der Waals surface area contributed by atoms with Gasteiger partial charge in [-0.2, -0.15) is 0 Å². The molecule has 1 aliphatic rings. The average Bonchev–Trinajstić information content (AvgIpc) is 2.66. The number of aromatic hydroxyl groups is 1. The Hall–Kier alpha value is -3.22. The molecule has 0 spiro atoms. The third-order valence-electron chi connectivity index (χ3n) is 4.27. The molecular weight excluding hydrogens is 352 g/mol. The van der Waals surface area contributed by atoms with Crippen molar-refractivity contribution in [3.63, 3.8) is 0 Å². The Kier molecular flexibility index (Phi) is 5.21. The maximum absolute atomic E-state index is 12.6. The van der Waals surface area contributed by atoms with Crippen molar-refractivity contribution in [3.8, 4) is 28.7 Å². The summed E-state index contributed by atoms with van der Waals surface area (Å²) in [5.41, 5.74) is 0.810. The first-order valence-corrected chi connectivity index (χ1v) is 8.46. The van der Waals surface area contributed by atoms with Gasteiger partial charge in [-0.1, -0.05) is 13.0 Å². The second-order valence-electron chi connectivity index (χ2n) is 5.99. The second-order valence-corrected chi connectivity index (χ2v) is 5.99. The zero-order chi connectivity index (χ0) is 19.6. The van der Waals surface area contributed by atoms with Gasteiger partial charge in [0.2, 0.25) is 0 Å². The van der Waals surface area contributed by atoms with Crippen LogP contribution >= 0.6 is 0 Å². The van der Waals surface area contributed by atoms with Crippen molar-refractivity contribution in [3.05, 3.63) is 41.5 Å². The van der Waals surface area contributed by atoms with Crippen LogP contribution < -0.4 is 18.9 Å². The zero-order valence-electron chi connectivity index (χ0n) is 15.3. The molecule has 0 aliphatic carbocycles. The molecule has 0 aromatic heterocycles. The van der Waals surface area contributed by atoms with Gasteiger partial charge in [-0.25, -0.2) is 0 Å². The van der Waals surface area contributed by atoms with Crippen LogP contribution in [0.2, 0.25) is 0 Å². The lowest BCUT2D eigenvalue weighted by Crippen LogP contribution is -2.21. The normalized spacial score (nSPS) is 15.5. The summed E-state index contributed by atoms with van der Waals surface area (Å²) in [4.78, 5) is 24.1. The van der Waals surface area contributed by atoms with Gasteiger partial charge in [-0.15, -0.1) is 0 Å². The summed E-state index contributed by atoms with van der Waals surface area (Å²) in [7, 11) is 3.06. The van der Waals surface area contributed by atoms with Crippen LogP contribution in [0.15, 0.2) is 30.3 Å².